The van der Waals surface area contributed by atoms with Crippen molar-refractivity contribution in [2.45, 2.75) is 58.4 Å². The number of carbonyl (C=O) groups is 1. The van der Waals surface area contributed by atoms with Gasteiger partial charge in [0.1, 0.15) is 0 Å². The molecule has 20 heavy (non-hydrogen) atoms. The third kappa shape index (κ3) is 4.62. The average Bonchev–Trinajstić information content (AvgIpc) is 2.49. The van der Waals surface area contributed by atoms with Gasteiger partial charge in [-0.3, -0.25) is 4.79 Å². The predicted octanol–water partition coefficient (Wildman–Crippen LogP) is 1.55. The molecule has 0 aromatic heterocycles. The molecule has 1 heterocycles. The van der Waals surface area contributed by atoms with Gasteiger partial charge >= 0.3 is 0 Å². The largest absolute Gasteiger partial charge is 0.353 e. The van der Waals surface area contributed by atoms with Gasteiger partial charge in [-0.15, -0.1) is 0 Å². The van der Waals surface area contributed by atoms with Gasteiger partial charge in [0.25, 0.3) is 0 Å². The first-order valence-electron chi connectivity index (χ1n) is 8.48. The van der Waals surface area contributed by atoms with Gasteiger partial charge in [-0.2, -0.15) is 0 Å². The van der Waals surface area contributed by atoms with E-state index < -0.39 is 0 Å². The van der Waals surface area contributed by atoms with Crippen molar-refractivity contribution in [2.75, 3.05) is 19.6 Å². The first-order chi connectivity index (χ1) is 9.69. The van der Waals surface area contributed by atoms with Crippen LogP contribution in [0.15, 0.2) is 12.2 Å². The molecule has 0 spiro atoms. The van der Waals surface area contributed by atoms with E-state index in [2.05, 4.69) is 31.3 Å². The highest BCUT2D eigenvalue weighted by molar-refractivity contribution is 5.78. The van der Waals surface area contributed by atoms with Crippen LogP contribution < -0.4 is 10.2 Å². The number of carbonyl (C=O) groups excluding carboxylic acids is 1. The second kappa shape index (κ2) is 7.82. The lowest BCUT2D eigenvalue weighted by Crippen LogP contribution is -3.13. The summed E-state index contributed by atoms with van der Waals surface area (Å²) in [6.45, 7) is 7.88. The van der Waals surface area contributed by atoms with Gasteiger partial charge in [-0.25, -0.2) is 0 Å². The summed E-state index contributed by atoms with van der Waals surface area (Å²) in [5.41, 5.74) is 0. The van der Waals surface area contributed by atoms with Gasteiger partial charge < -0.3 is 10.2 Å². The van der Waals surface area contributed by atoms with E-state index in [1.165, 1.54) is 38.9 Å². The fourth-order valence-corrected chi connectivity index (χ4v) is 3.41. The number of nitrogens with one attached hydrogen (secondary N) is 2. The summed E-state index contributed by atoms with van der Waals surface area (Å²) in [5, 5.41) is 3.14. The normalized spacial score (nSPS) is 31.8. The van der Waals surface area contributed by atoms with Crippen LogP contribution in [-0.2, 0) is 4.79 Å². The van der Waals surface area contributed by atoms with E-state index in [9.17, 15) is 4.79 Å². The molecule has 2 atom stereocenters. The minimum Gasteiger partial charge on any atom is -0.353 e. The quantitative estimate of drug-likeness (QED) is 0.736. The molecule has 1 saturated heterocycles. The topological polar surface area (TPSA) is 33.5 Å². The number of quaternary nitrogens is 1. The molecule has 1 aliphatic heterocycles. The van der Waals surface area contributed by atoms with Gasteiger partial charge in [0.2, 0.25) is 5.91 Å². The van der Waals surface area contributed by atoms with Crippen molar-refractivity contribution >= 4 is 5.91 Å². The van der Waals surface area contributed by atoms with Gasteiger partial charge in [0.05, 0.1) is 19.6 Å². The van der Waals surface area contributed by atoms with Crippen LogP contribution >= 0.6 is 0 Å². The number of piperidine rings is 1. The summed E-state index contributed by atoms with van der Waals surface area (Å²) < 4.78 is 0. The van der Waals surface area contributed by atoms with E-state index in [0.29, 0.717) is 11.9 Å². The fraction of sp³-hybridized carbons (Fsp3) is 0.824. The van der Waals surface area contributed by atoms with Crippen LogP contribution in [0.4, 0.5) is 0 Å². The summed E-state index contributed by atoms with van der Waals surface area (Å²) >= 11 is 0. The molecule has 0 unspecified atom stereocenters. The Labute approximate surface area is 123 Å². The molecule has 0 aromatic rings. The highest BCUT2D eigenvalue weighted by Crippen LogP contribution is 2.17. The van der Waals surface area contributed by atoms with Crippen molar-refractivity contribution in [2.24, 2.45) is 11.8 Å². The first kappa shape index (κ1) is 15.6. The molecule has 0 bridgehead atoms. The monoisotopic (exact) mass is 279 g/mol. The zero-order valence-electron chi connectivity index (χ0n) is 13.2. The molecule has 1 fully saturated rings. The third-order valence-corrected chi connectivity index (χ3v) is 5.02. The Kier molecular flexibility index (Phi) is 6.08. The Morgan fingerprint density at radius 3 is 2.65 bits per heavy atom. The Morgan fingerprint density at radius 1 is 1.30 bits per heavy atom. The van der Waals surface area contributed by atoms with E-state index in [0.717, 1.165) is 25.2 Å². The number of likely N-dealkylation sites (tertiary alicyclic amines) is 1. The highest BCUT2D eigenvalue weighted by atomic mass is 16.1. The van der Waals surface area contributed by atoms with Gasteiger partial charge in [-0.1, -0.05) is 19.1 Å². The molecule has 2 rings (SSSR count). The number of rotatable bonds is 5. The summed E-state index contributed by atoms with van der Waals surface area (Å²) in [4.78, 5) is 13.9. The average molecular weight is 279 g/mol. The minimum atomic E-state index is 0.263. The van der Waals surface area contributed by atoms with Crippen LogP contribution in [0.2, 0.25) is 0 Å². The van der Waals surface area contributed by atoms with Crippen molar-refractivity contribution in [3.05, 3.63) is 12.2 Å². The van der Waals surface area contributed by atoms with Crippen LogP contribution in [-0.4, -0.2) is 31.6 Å². The fourth-order valence-electron chi connectivity index (χ4n) is 3.41. The first-order valence-corrected chi connectivity index (χ1v) is 8.48. The zero-order chi connectivity index (χ0) is 14.4. The van der Waals surface area contributed by atoms with E-state index >= 15 is 0 Å². The Hall–Kier alpha value is -0.830. The van der Waals surface area contributed by atoms with E-state index in [4.69, 9.17) is 0 Å². The van der Waals surface area contributed by atoms with Crippen LogP contribution in [0.25, 0.3) is 0 Å². The molecule has 2 aliphatic rings. The molecular formula is C17H31N2O+. The van der Waals surface area contributed by atoms with Gasteiger partial charge in [0, 0.05) is 30.7 Å². The lowest BCUT2D eigenvalue weighted by atomic mass is 9.91. The maximum Gasteiger partial charge on any atom is 0.223 e. The predicted molar refractivity (Wildman–Crippen MR) is 82.7 cm³/mol. The molecular weight excluding hydrogens is 248 g/mol. The second-order valence-corrected chi connectivity index (χ2v) is 6.70. The maximum absolute atomic E-state index is 12.1. The molecule has 1 aliphatic carbocycles. The van der Waals surface area contributed by atoms with Crippen molar-refractivity contribution in [3.8, 4) is 0 Å². The summed E-state index contributed by atoms with van der Waals surface area (Å²) in [5.74, 6) is 1.43. The summed E-state index contributed by atoms with van der Waals surface area (Å²) in [6, 6.07) is 0.321. The molecule has 3 nitrogen and oxygen atoms in total. The molecule has 3 heteroatoms. The number of hydrogen-bond acceptors (Lipinski definition) is 1. The van der Waals surface area contributed by atoms with Crippen molar-refractivity contribution in [3.63, 3.8) is 0 Å². The van der Waals surface area contributed by atoms with Crippen molar-refractivity contribution in [1.29, 1.82) is 0 Å². The maximum atomic E-state index is 12.1. The summed E-state index contributed by atoms with van der Waals surface area (Å²) in [7, 11) is 0. The standard InChI is InChI=1S/C17H30N2O/c1-3-14(2)18-17(20)16-9-11-19(12-10-16)13-15-7-5-4-6-8-15/h4-5,14-16H,3,6-13H2,1-2H3,(H,18,20)/p+1/t14-,15-/m1/s1. The van der Waals surface area contributed by atoms with Gasteiger partial charge in [0.15, 0.2) is 0 Å². The lowest BCUT2D eigenvalue weighted by Gasteiger charge is -2.32. The van der Waals surface area contributed by atoms with Crippen molar-refractivity contribution in [1.82, 2.24) is 5.32 Å². The molecule has 1 amide bonds. The number of allylic oxidation sites excluding steroid dienone is 2. The van der Waals surface area contributed by atoms with Crippen LogP contribution in [0.1, 0.15) is 52.4 Å². The Morgan fingerprint density at radius 2 is 2.05 bits per heavy atom. The SMILES string of the molecule is CC[C@@H](C)NC(=O)C1CC[NH+](C[C@@H]2CC=CCC2)CC1. The second-order valence-electron chi connectivity index (χ2n) is 6.70. The van der Waals surface area contributed by atoms with E-state index in [-0.39, 0.29) is 5.92 Å². The molecule has 0 radical (unpaired) electrons. The number of amides is 1. The molecule has 114 valence electrons. The van der Waals surface area contributed by atoms with Crippen LogP contribution in [0.5, 0.6) is 0 Å². The minimum absolute atomic E-state index is 0.263. The third-order valence-electron chi connectivity index (χ3n) is 5.02. The highest BCUT2D eigenvalue weighted by Gasteiger charge is 2.29. The van der Waals surface area contributed by atoms with Gasteiger partial charge in [-0.05, 0) is 32.6 Å². The van der Waals surface area contributed by atoms with E-state index in [1.807, 2.05) is 0 Å². The molecule has 0 saturated carbocycles. The zero-order valence-corrected chi connectivity index (χ0v) is 13.2. The molecule has 0 aromatic carbocycles. The van der Waals surface area contributed by atoms with Crippen LogP contribution in [0.3, 0.4) is 0 Å². The Bertz CT molecular complexity index is 332. The van der Waals surface area contributed by atoms with Crippen LogP contribution in [0, 0.1) is 11.8 Å². The Balaban J connectivity index is 1.69. The smallest absolute Gasteiger partial charge is 0.223 e. The number of hydrogen-bond donors (Lipinski definition) is 2. The van der Waals surface area contributed by atoms with E-state index in [1.54, 1.807) is 4.90 Å². The van der Waals surface area contributed by atoms with Crippen molar-refractivity contribution < 1.29 is 9.69 Å². The summed E-state index contributed by atoms with van der Waals surface area (Å²) in [6.07, 6.45) is 11.7. The lowest BCUT2D eigenvalue weighted by molar-refractivity contribution is -0.909. The molecule has 2 N–H and O–H groups in total.